The van der Waals surface area contributed by atoms with Gasteiger partial charge in [0.1, 0.15) is 11.5 Å². The van der Waals surface area contributed by atoms with E-state index in [0.29, 0.717) is 28.7 Å². The molecule has 0 aliphatic rings. The number of amides is 2. The van der Waals surface area contributed by atoms with E-state index in [1.54, 1.807) is 37.3 Å². The number of sulfone groups is 1. The van der Waals surface area contributed by atoms with Crippen LogP contribution in [0.3, 0.4) is 0 Å². The predicted molar refractivity (Wildman–Crippen MR) is 144 cm³/mol. The minimum Gasteiger partial charge on any atom is -0.477 e. The molecule has 0 aliphatic carbocycles. The van der Waals surface area contributed by atoms with Crippen LogP contribution in [0, 0.1) is 5.82 Å². The Balaban J connectivity index is 1.67. The van der Waals surface area contributed by atoms with E-state index in [1.807, 2.05) is 12.1 Å². The highest BCUT2D eigenvalue weighted by atomic mass is 32.2. The van der Waals surface area contributed by atoms with Gasteiger partial charge < -0.3 is 26.5 Å². The molecule has 0 aliphatic heterocycles. The maximum Gasteiger partial charge on any atom is 0.352 e. The van der Waals surface area contributed by atoms with Gasteiger partial charge in [-0.15, -0.1) is 0 Å². The smallest absolute Gasteiger partial charge is 0.352 e. The number of benzene rings is 3. The molecule has 1 aromatic heterocycles. The Morgan fingerprint density at radius 1 is 1.11 bits per heavy atom. The molecule has 0 radical (unpaired) electrons. The van der Waals surface area contributed by atoms with Gasteiger partial charge in [0, 0.05) is 35.0 Å². The van der Waals surface area contributed by atoms with E-state index in [2.05, 4.69) is 15.6 Å². The van der Waals surface area contributed by atoms with Crippen molar-refractivity contribution in [3.63, 3.8) is 0 Å². The molecule has 0 spiro atoms. The van der Waals surface area contributed by atoms with E-state index in [-0.39, 0.29) is 22.4 Å². The molecule has 4 aromatic rings. The molecular weight excluding hydrogens is 511 g/mol. The second-order valence-corrected chi connectivity index (χ2v) is 11.2. The second kappa shape index (κ2) is 10.6. The van der Waals surface area contributed by atoms with Gasteiger partial charge in [0.15, 0.2) is 9.84 Å². The van der Waals surface area contributed by atoms with Crippen molar-refractivity contribution in [1.29, 1.82) is 0 Å². The molecule has 9 nitrogen and oxygen atoms in total. The van der Waals surface area contributed by atoms with Crippen LogP contribution in [0.5, 0.6) is 0 Å². The Morgan fingerprint density at radius 2 is 1.82 bits per heavy atom. The summed E-state index contributed by atoms with van der Waals surface area (Å²) in [6.07, 6.45) is 1.01. The van der Waals surface area contributed by atoms with Gasteiger partial charge in [-0.2, -0.15) is 0 Å². The molecule has 198 valence electrons. The highest BCUT2D eigenvalue weighted by Gasteiger charge is 2.23. The summed E-state index contributed by atoms with van der Waals surface area (Å²) in [6.45, 7) is 2.15. The van der Waals surface area contributed by atoms with Crippen molar-refractivity contribution in [2.75, 3.05) is 11.6 Å². The van der Waals surface area contributed by atoms with Crippen LogP contribution < -0.4 is 16.4 Å². The first-order valence-corrected chi connectivity index (χ1v) is 13.7. The third kappa shape index (κ3) is 5.84. The van der Waals surface area contributed by atoms with Gasteiger partial charge in [0.2, 0.25) is 0 Å². The van der Waals surface area contributed by atoms with E-state index in [9.17, 15) is 27.5 Å². The topological polar surface area (TPSA) is 154 Å². The van der Waals surface area contributed by atoms with Gasteiger partial charge in [-0.05, 0) is 41.8 Å². The molecule has 4 rings (SSSR count). The monoisotopic (exact) mass is 538 g/mol. The standard InChI is InChI=1S/C27H27FN4O5S/c1-15(30-27(35)31-19-10-6-16(13-29)7-11-19)20-4-3-5-21-23(25(26(33)34)32-24(20)21)17-8-9-18(22(28)12-17)14-38(2,36)37/h3-12,15,32H,13-14,29H2,1-2H3,(H,33,34)(H2,30,31,35). The number of nitrogens with two attached hydrogens (primary N) is 1. The molecule has 38 heavy (non-hydrogen) atoms. The predicted octanol–water partition coefficient (Wildman–Crippen LogP) is 4.56. The number of urea groups is 1. The van der Waals surface area contributed by atoms with Gasteiger partial charge in [-0.1, -0.05) is 42.5 Å². The Bertz CT molecular complexity index is 1630. The van der Waals surface area contributed by atoms with Crippen molar-refractivity contribution in [2.45, 2.75) is 25.3 Å². The Labute approximate surface area is 218 Å². The van der Waals surface area contributed by atoms with Crippen LogP contribution in [0.2, 0.25) is 0 Å². The number of fused-ring (bicyclic) bond motifs is 1. The Hall–Kier alpha value is -4.22. The van der Waals surface area contributed by atoms with E-state index in [4.69, 9.17) is 5.73 Å². The van der Waals surface area contributed by atoms with Crippen molar-refractivity contribution >= 4 is 38.4 Å². The lowest BCUT2D eigenvalue weighted by atomic mass is 9.98. The van der Waals surface area contributed by atoms with Gasteiger partial charge in [-0.25, -0.2) is 22.4 Å². The zero-order chi connectivity index (χ0) is 27.6. The average Bonchev–Trinajstić information content (AvgIpc) is 3.25. The van der Waals surface area contributed by atoms with E-state index in [1.165, 1.54) is 12.1 Å². The average molecular weight is 539 g/mol. The summed E-state index contributed by atoms with van der Waals surface area (Å²) in [5.41, 5.74) is 8.59. The van der Waals surface area contributed by atoms with E-state index >= 15 is 0 Å². The number of halogens is 1. The fourth-order valence-corrected chi connectivity index (χ4v) is 5.13. The van der Waals surface area contributed by atoms with E-state index < -0.39 is 39.4 Å². The number of aromatic nitrogens is 1. The molecule has 0 bridgehead atoms. The highest BCUT2D eigenvalue weighted by molar-refractivity contribution is 7.89. The summed E-state index contributed by atoms with van der Waals surface area (Å²) >= 11 is 0. The Kier molecular flexibility index (Phi) is 7.51. The lowest BCUT2D eigenvalue weighted by Crippen LogP contribution is -2.31. The van der Waals surface area contributed by atoms with Crippen molar-refractivity contribution in [3.8, 4) is 11.1 Å². The number of nitrogens with one attached hydrogen (secondary N) is 3. The van der Waals surface area contributed by atoms with Crippen LogP contribution in [0.4, 0.5) is 14.9 Å². The van der Waals surface area contributed by atoms with Gasteiger partial charge >= 0.3 is 12.0 Å². The lowest BCUT2D eigenvalue weighted by molar-refractivity contribution is 0.0692. The van der Waals surface area contributed by atoms with Gasteiger partial charge in [0.05, 0.1) is 17.3 Å². The second-order valence-electron chi connectivity index (χ2n) is 9.05. The summed E-state index contributed by atoms with van der Waals surface area (Å²) in [5.74, 6) is -2.46. The fourth-order valence-electron chi connectivity index (χ4n) is 4.33. The van der Waals surface area contributed by atoms with Crippen molar-refractivity contribution < 1.29 is 27.5 Å². The molecule has 1 heterocycles. The van der Waals surface area contributed by atoms with Gasteiger partial charge in [-0.3, -0.25) is 0 Å². The molecular formula is C27H27FN4O5S. The number of rotatable bonds is 8. The number of aromatic carboxylic acids is 1. The third-order valence-electron chi connectivity index (χ3n) is 6.10. The highest BCUT2D eigenvalue weighted by Crippen LogP contribution is 2.36. The van der Waals surface area contributed by atoms with Crippen LogP contribution in [-0.4, -0.2) is 36.8 Å². The number of anilines is 1. The third-order valence-corrected chi connectivity index (χ3v) is 6.94. The first-order chi connectivity index (χ1) is 18.0. The number of carboxylic acids is 1. The quantitative estimate of drug-likeness (QED) is 0.222. The minimum atomic E-state index is -3.46. The summed E-state index contributed by atoms with van der Waals surface area (Å²) in [6, 6.07) is 15.3. The number of carbonyl (C=O) groups is 2. The molecule has 11 heteroatoms. The lowest BCUT2D eigenvalue weighted by Gasteiger charge is -2.16. The number of para-hydroxylation sites is 1. The first-order valence-electron chi connectivity index (χ1n) is 11.7. The van der Waals surface area contributed by atoms with Crippen LogP contribution in [0.25, 0.3) is 22.0 Å². The summed E-state index contributed by atoms with van der Waals surface area (Å²) in [4.78, 5) is 27.7. The number of aromatic amines is 1. The molecule has 2 amide bonds. The SMILES string of the molecule is CC(NC(=O)Nc1ccc(CN)cc1)c1cccc2c(-c3ccc(CS(C)(=O)=O)c(F)c3)c(C(=O)O)[nH]c12. The maximum absolute atomic E-state index is 14.8. The summed E-state index contributed by atoms with van der Waals surface area (Å²) in [5, 5.41) is 16.0. The molecule has 1 atom stereocenters. The zero-order valence-corrected chi connectivity index (χ0v) is 21.5. The van der Waals surface area contributed by atoms with E-state index in [0.717, 1.165) is 17.9 Å². The molecule has 0 saturated heterocycles. The Morgan fingerprint density at radius 3 is 2.42 bits per heavy atom. The number of carbonyl (C=O) groups excluding carboxylic acids is 1. The van der Waals surface area contributed by atoms with Crippen LogP contribution >= 0.6 is 0 Å². The normalized spacial score (nSPS) is 12.3. The largest absolute Gasteiger partial charge is 0.477 e. The zero-order valence-electron chi connectivity index (χ0n) is 20.7. The van der Waals surface area contributed by atoms with Crippen molar-refractivity contribution in [3.05, 3.63) is 88.9 Å². The molecule has 1 unspecified atom stereocenters. The molecule has 6 N–H and O–H groups in total. The number of H-pyrrole nitrogens is 1. The number of carboxylic acid groups (broad SMARTS) is 1. The summed E-state index contributed by atoms with van der Waals surface area (Å²) in [7, 11) is -3.46. The van der Waals surface area contributed by atoms with Crippen molar-refractivity contribution in [2.24, 2.45) is 5.73 Å². The summed E-state index contributed by atoms with van der Waals surface area (Å²) < 4.78 is 38.0. The molecule has 0 saturated carbocycles. The molecule has 3 aromatic carbocycles. The van der Waals surface area contributed by atoms with Crippen molar-refractivity contribution in [1.82, 2.24) is 10.3 Å². The first kappa shape index (κ1) is 26.8. The molecule has 0 fully saturated rings. The minimum absolute atomic E-state index is 0.00448. The van der Waals surface area contributed by atoms with Crippen LogP contribution in [0.1, 0.15) is 40.1 Å². The van der Waals surface area contributed by atoms with Gasteiger partial charge in [0.25, 0.3) is 0 Å². The number of hydrogen-bond acceptors (Lipinski definition) is 5. The number of hydrogen-bond donors (Lipinski definition) is 5. The fraction of sp³-hybridized carbons (Fsp3) is 0.185. The van der Waals surface area contributed by atoms with Crippen LogP contribution in [-0.2, 0) is 22.1 Å². The maximum atomic E-state index is 14.8. The van der Waals surface area contributed by atoms with Crippen LogP contribution in [0.15, 0.2) is 60.7 Å².